The smallest absolute Gasteiger partial charge is 0.232 e. The van der Waals surface area contributed by atoms with Crippen LogP contribution in [0.3, 0.4) is 0 Å². The molecular weight excluding hydrogens is 278 g/mol. The van der Waals surface area contributed by atoms with Crippen molar-refractivity contribution < 1.29 is 13.2 Å². The zero-order chi connectivity index (χ0) is 14.8. The molecule has 0 fully saturated rings. The molecular formula is C13H19N3O3S. The van der Waals surface area contributed by atoms with Gasteiger partial charge in [0.05, 0.1) is 11.9 Å². The number of benzene rings is 1. The quantitative estimate of drug-likeness (QED) is 0.836. The number of carbonyl (C=O) groups is 1. The molecule has 0 radical (unpaired) electrons. The zero-order valence-electron chi connectivity index (χ0n) is 11.4. The molecule has 0 bridgehead atoms. The summed E-state index contributed by atoms with van der Waals surface area (Å²) >= 11 is 0. The Kier molecular flexibility index (Phi) is 4.29. The van der Waals surface area contributed by atoms with Gasteiger partial charge in [-0.05, 0) is 37.1 Å². The van der Waals surface area contributed by atoms with E-state index < -0.39 is 10.0 Å². The lowest BCUT2D eigenvalue weighted by atomic mass is 10.1. The summed E-state index contributed by atoms with van der Waals surface area (Å²) in [6, 6.07) is 5.37. The van der Waals surface area contributed by atoms with Gasteiger partial charge < -0.3 is 11.1 Å². The first-order valence-electron chi connectivity index (χ1n) is 6.52. The van der Waals surface area contributed by atoms with Gasteiger partial charge in [0.25, 0.3) is 0 Å². The second-order valence-electron chi connectivity index (χ2n) is 4.87. The predicted octanol–water partition coefficient (Wildman–Crippen LogP) is 0.686. The SMILES string of the molecule is CS(=O)(=O)N1CCc2ccc(NC(=O)CCCN)cc21. The summed E-state index contributed by atoms with van der Waals surface area (Å²) in [5.74, 6) is -0.112. The molecule has 20 heavy (non-hydrogen) atoms. The number of fused-ring (bicyclic) bond motifs is 1. The van der Waals surface area contributed by atoms with Crippen LogP contribution in [0.5, 0.6) is 0 Å². The minimum atomic E-state index is -3.27. The lowest BCUT2D eigenvalue weighted by molar-refractivity contribution is -0.116. The van der Waals surface area contributed by atoms with E-state index in [2.05, 4.69) is 5.32 Å². The molecule has 2 rings (SSSR count). The van der Waals surface area contributed by atoms with Gasteiger partial charge in [-0.3, -0.25) is 9.10 Å². The molecule has 110 valence electrons. The number of carbonyl (C=O) groups excluding carboxylic acids is 1. The third kappa shape index (κ3) is 3.29. The second kappa shape index (κ2) is 5.80. The first-order chi connectivity index (χ1) is 9.41. The predicted molar refractivity (Wildman–Crippen MR) is 79.3 cm³/mol. The van der Waals surface area contributed by atoms with Crippen LogP contribution in [0.15, 0.2) is 18.2 Å². The Morgan fingerprint density at radius 1 is 1.45 bits per heavy atom. The van der Waals surface area contributed by atoms with Crippen molar-refractivity contribution in [3.8, 4) is 0 Å². The average Bonchev–Trinajstić information content (AvgIpc) is 2.79. The molecule has 1 aromatic carbocycles. The number of nitrogens with zero attached hydrogens (tertiary/aromatic N) is 1. The summed E-state index contributed by atoms with van der Waals surface area (Å²) in [6.07, 6.45) is 2.88. The molecule has 0 atom stereocenters. The maximum atomic E-state index is 11.7. The Hall–Kier alpha value is -1.60. The van der Waals surface area contributed by atoms with Gasteiger partial charge in [0.1, 0.15) is 0 Å². The highest BCUT2D eigenvalue weighted by molar-refractivity contribution is 7.92. The van der Waals surface area contributed by atoms with E-state index >= 15 is 0 Å². The standard InChI is InChI=1S/C13H19N3O3S/c1-20(18,19)16-8-6-10-4-5-11(9-12(10)16)15-13(17)3-2-7-14/h4-5,9H,2-3,6-8,14H2,1H3,(H,15,17). The molecule has 0 saturated carbocycles. The molecule has 0 aliphatic carbocycles. The highest BCUT2D eigenvalue weighted by atomic mass is 32.2. The zero-order valence-corrected chi connectivity index (χ0v) is 12.2. The monoisotopic (exact) mass is 297 g/mol. The van der Waals surface area contributed by atoms with Crippen LogP contribution in [0.1, 0.15) is 18.4 Å². The average molecular weight is 297 g/mol. The third-order valence-electron chi connectivity index (χ3n) is 3.23. The molecule has 1 aliphatic heterocycles. The van der Waals surface area contributed by atoms with Crippen molar-refractivity contribution in [2.75, 3.05) is 29.0 Å². The molecule has 1 aliphatic rings. The number of nitrogens with two attached hydrogens (primary N) is 1. The van der Waals surface area contributed by atoms with Crippen molar-refractivity contribution in [2.45, 2.75) is 19.3 Å². The lowest BCUT2D eigenvalue weighted by Gasteiger charge is -2.17. The molecule has 3 N–H and O–H groups in total. The van der Waals surface area contributed by atoms with Crippen LogP contribution in [0, 0.1) is 0 Å². The Bertz CT molecular complexity index is 613. The van der Waals surface area contributed by atoms with Gasteiger partial charge in [-0.1, -0.05) is 6.07 Å². The first-order valence-corrected chi connectivity index (χ1v) is 8.37. The Balaban J connectivity index is 2.17. The Morgan fingerprint density at radius 2 is 2.20 bits per heavy atom. The molecule has 6 nitrogen and oxygen atoms in total. The van der Waals surface area contributed by atoms with Gasteiger partial charge in [-0.25, -0.2) is 8.42 Å². The number of rotatable bonds is 5. The van der Waals surface area contributed by atoms with Crippen molar-refractivity contribution >= 4 is 27.3 Å². The fourth-order valence-electron chi connectivity index (χ4n) is 2.26. The summed E-state index contributed by atoms with van der Waals surface area (Å²) < 4.78 is 24.8. The number of hydrogen-bond donors (Lipinski definition) is 2. The molecule has 0 unspecified atom stereocenters. The topological polar surface area (TPSA) is 92.5 Å². The number of nitrogens with one attached hydrogen (secondary N) is 1. The third-order valence-corrected chi connectivity index (χ3v) is 4.41. The summed E-state index contributed by atoms with van der Waals surface area (Å²) in [5.41, 5.74) is 7.61. The minimum absolute atomic E-state index is 0.112. The second-order valence-corrected chi connectivity index (χ2v) is 6.78. The normalized spacial score (nSPS) is 14.2. The fraction of sp³-hybridized carbons (Fsp3) is 0.462. The highest BCUT2D eigenvalue weighted by Gasteiger charge is 2.26. The number of amides is 1. The molecule has 7 heteroatoms. The van der Waals surface area contributed by atoms with Crippen LogP contribution in [-0.2, 0) is 21.2 Å². The summed E-state index contributed by atoms with van der Waals surface area (Å²) in [4.78, 5) is 11.7. The van der Waals surface area contributed by atoms with Gasteiger partial charge in [0.2, 0.25) is 15.9 Å². The van der Waals surface area contributed by atoms with Crippen LogP contribution < -0.4 is 15.4 Å². The van der Waals surface area contributed by atoms with E-state index in [0.717, 1.165) is 5.56 Å². The van der Waals surface area contributed by atoms with E-state index in [9.17, 15) is 13.2 Å². The Labute approximate surface area is 119 Å². The largest absolute Gasteiger partial charge is 0.330 e. The van der Waals surface area contributed by atoms with Crippen molar-refractivity contribution in [1.29, 1.82) is 0 Å². The van der Waals surface area contributed by atoms with Crippen molar-refractivity contribution in [3.63, 3.8) is 0 Å². The van der Waals surface area contributed by atoms with Gasteiger partial charge >= 0.3 is 0 Å². The van der Waals surface area contributed by atoms with Crippen LogP contribution in [0.25, 0.3) is 0 Å². The van der Waals surface area contributed by atoms with E-state index in [1.54, 1.807) is 12.1 Å². The van der Waals surface area contributed by atoms with Crippen molar-refractivity contribution in [2.24, 2.45) is 5.73 Å². The molecule has 0 aromatic heterocycles. The van der Waals surface area contributed by atoms with Gasteiger partial charge in [-0.15, -0.1) is 0 Å². The summed E-state index contributed by atoms with van der Waals surface area (Å²) in [7, 11) is -3.27. The van der Waals surface area contributed by atoms with Gasteiger partial charge in [-0.2, -0.15) is 0 Å². The van der Waals surface area contributed by atoms with Crippen LogP contribution in [-0.4, -0.2) is 33.7 Å². The van der Waals surface area contributed by atoms with E-state index in [4.69, 9.17) is 5.73 Å². The van der Waals surface area contributed by atoms with Gasteiger partial charge in [0, 0.05) is 18.7 Å². The van der Waals surface area contributed by atoms with E-state index in [1.807, 2.05) is 6.07 Å². The van der Waals surface area contributed by atoms with E-state index in [1.165, 1.54) is 10.6 Å². The summed E-state index contributed by atoms with van der Waals surface area (Å²) in [5, 5.41) is 2.76. The molecule has 1 aromatic rings. The van der Waals surface area contributed by atoms with Gasteiger partial charge in [0.15, 0.2) is 0 Å². The highest BCUT2D eigenvalue weighted by Crippen LogP contribution is 2.32. The van der Waals surface area contributed by atoms with Crippen molar-refractivity contribution in [3.05, 3.63) is 23.8 Å². The van der Waals surface area contributed by atoms with E-state index in [-0.39, 0.29) is 5.91 Å². The molecule has 0 spiro atoms. The molecule has 1 heterocycles. The number of anilines is 2. The number of sulfonamides is 1. The van der Waals surface area contributed by atoms with Crippen LogP contribution >= 0.6 is 0 Å². The van der Waals surface area contributed by atoms with Crippen LogP contribution in [0.4, 0.5) is 11.4 Å². The first kappa shape index (κ1) is 14.8. The molecule has 1 amide bonds. The maximum Gasteiger partial charge on any atom is 0.232 e. The van der Waals surface area contributed by atoms with Crippen molar-refractivity contribution in [1.82, 2.24) is 0 Å². The minimum Gasteiger partial charge on any atom is -0.330 e. The van der Waals surface area contributed by atoms with Crippen LogP contribution in [0.2, 0.25) is 0 Å². The lowest BCUT2D eigenvalue weighted by Crippen LogP contribution is -2.27. The Morgan fingerprint density at radius 3 is 2.85 bits per heavy atom. The maximum absolute atomic E-state index is 11.7. The molecule has 0 saturated heterocycles. The van der Waals surface area contributed by atoms with E-state index in [0.29, 0.717) is 43.7 Å². The number of hydrogen-bond acceptors (Lipinski definition) is 4. The summed E-state index contributed by atoms with van der Waals surface area (Å²) in [6.45, 7) is 0.929. The fourth-order valence-corrected chi connectivity index (χ4v) is 3.21.